The first-order valence-electron chi connectivity index (χ1n) is 6.63. The fourth-order valence-corrected chi connectivity index (χ4v) is 3.02. The summed E-state index contributed by atoms with van der Waals surface area (Å²) in [4.78, 5) is 8.38. The van der Waals surface area contributed by atoms with Gasteiger partial charge in [-0.1, -0.05) is 6.07 Å². The number of aryl methyl sites for hydroxylation is 1. The van der Waals surface area contributed by atoms with Crippen molar-refractivity contribution in [2.75, 3.05) is 4.90 Å². The molecule has 2 heterocycles. The lowest BCUT2D eigenvalue weighted by Crippen LogP contribution is -2.25. The van der Waals surface area contributed by atoms with Gasteiger partial charge in [0.05, 0.1) is 13.2 Å². The highest BCUT2D eigenvalue weighted by atomic mass is 32.1. The topological polar surface area (TPSA) is 36.4 Å². The maximum atomic E-state index is 9.33. The van der Waals surface area contributed by atoms with Crippen LogP contribution in [0, 0.1) is 6.92 Å². The Balaban J connectivity index is 1.89. The standard InChI is InChI=1S/C15H18N2OS/c1-11-7-12(10-18)8-15(16-11)17(13-4-5-13)9-14-3-2-6-19-14/h2-3,6-8,13,18H,4-5,9-10H2,1H3. The molecule has 0 spiro atoms. The third-order valence-corrected chi connectivity index (χ3v) is 4.23. The summed E-state index contributed by atoms with van der Waals surface area (Å²) in [5, 5.41) is 11.4. The Hall–Kier alpha value is -1.39. The van der Waals surface area contributed by atoms with Gasteiger partial charge in [-0.2, -0.15) is 0 Å². The molecule has 0 radical (unpaired) electrons. The van der Waals surface area contributed by atoms with Crippen molar-refractivity contribution in [3.8, 4) is 0 Å². The fraction of sp³-hybridized carbons (Fsp3) is 0.400. The Morgan fingerprint density at radius 2 is 2.26 bits per heavy atom. The van der Waals surface area contributed by atoms with Crippen LogP contribution in [0.3, 0.4) is 0 Å². The second-order valence-corrected chi connectivity index (χ2v) is 6.10. The van der Waals surface area contributed by atoms with E-state index in [-0.39, 0.29) is 6.61 Å². The molecular formula is C15H18N2OS. The Labute approximate surface area is 117 Å². The number of pyridine rings is 1. The Bertz CT molecular complexity index is 549. The summed E-state index contributed by atoms with van der Waals surface area (Å²) in [6.45, 7) is 2.98. The van der Waals surface area contributed by atoms with Crippen LogP contribution in [0.2, 0.25) is 0 Å². The summed E-state index contributed by atoms with van der Waals surface area (Å²) in [6, 6.07) is 8.83. The SMILES string of the molecule is Cc1cc(CO)cc(N(Cc2cccs2)C2CC2)n1. The molecule has 1 aliphatic carbocycles. The minimum absolute atomic E-state index is 0.0773. The second kappa shape index (κ2) is 5.31. The van der Waals surface area contributed by atoms with Gasteiger partial charge in [0, 0.05) is 16.6 Å². The molecule has 0 amide bonds. The molecule has 1 saturated carbocycles. The molecule has 0 aromatic carbocycles. The van der Waals surface area contributed by atoms with Crippen LogP contribution in [0.4, 0.5) is 5.82 Å². The Kier molecular flexibility index (Phi) is 3.53. The van der Waals surface area contributed by atoms with E-state index in [0.717, 1.165) is 23.6 Å². The van der Waals surface area contributed by atoms with E-state index in [0.29, 0.717) is 6.04 Å². The molecule has 0 atom stereocenters. The van der Waals surface area contributed by atoms with Gasteiger partial charge < -0.3 is 10.0 Å². The van der Waals surface area contributed by atoms with Crippen molar-refractivity contribution in [2.45, 2.75) is 39.0 Å². The van der Waals surface area contributed by atoms with Crippen molar-refractivity contribution in [2.24, 2.45) is 0 Å². The van der Waals surface area contributed by atoms with Crippen LogP contribution in [0.15, 0.2) is 29.6 Å². The second-order valence-electron chi connectivity index (χ2n) is 5.07. The van der Waals surface area contributed by atoms with Gasteiger partial charge in [0.2, 0.25) is 0 Å². The highest BCUT2D eigenvalue weighted by Crippen LogP contribution is 2.33. The van der Waals surface area contributed by atoms with Gasteiger partial charge in [-0.15, -0.1) is 11.3 Å². The van der Waals surface area contributed by atoms with E-state index in [1.165, 1.54) is 17.7 Å². The lowest BCUT2D eigenvalue weighted by atomic mass is 10.2. The molecular weight excluding hydrogens is 256 g/mol. The van der Waals surface area contributed by atoms with E-state index in [1.54, 1.807) is 11.3 Å². The molecule has 4 heteroatoms. The van der Waals surface area contributed by atoms with Crippen molar-refractivity contribution >= 4 is 17.2 Å². The molecule has 0 bridgehead atoms. The van der Waals surface area contributed by atoms with Gasteiger partial charge in [-0.3, -0.25) is 0 Å². The Morgan fingerprint density at radius 3 is 2.89 bits per heavy atom. The quantitative estimate of drug-likeness (QED) is 0.910. The molecule has 0 aliphatic heterocycles. The molecule has 3 nitrogen and oxygen atoms in total. The Morgan fingerprint density at radius 1 is 1.42 bits per heavy atom. The van der Waals surface area contributed by atoms with Crippen molar-refractivity contribution in [3.63, 3.8) is 0 Å². The molecule has 2 aromatic rings. The number of aromatic nitrogens is 1. The van der Waals surface area contributed by atoms with E-state index in [2.05, 4.69) is 27.4 Å². The molecule has 1 fully saturated rings. The summed E-state index contributed by atoms with van der Waals surface area (Å²) in [6.07, 6.45) is 2.49. The number of rotatable bonds is 5. The van der Waals surface area contributed by atoms with Crippen LogP contribution in [0.5, 0.6) is 0 Å². The average molecular weight is 274 g/mol. The number of aliphatic hydroxyl groups excluding tert-OH is 1. The van der Waals surface area contributed by atoms with E-state index < -0.39 is 0 Å². The predicted molar refractivity (Wildman–Crippen MR) is 78.4 cm³/mol. The molecule has 2 aromatic heterocycles. The predicted octanol–water partition coefficient (Wildman–Crippen LogP) is 3.11. The van der Waals surface area contributed by atoms with Crippen molar-refractivity contribution in [1.29, 1.82) is 0 Å². The zero-order valence-electron chi connectivity index (χ0n) is 11.0. The maximum Gasteiger partial charge on any atom is 0.129 e. The van der Waals surface area contributed by atoms with E-state index >= 15 is 0 Å². The fourth-order valence-electron chi connectivity index (χ4n) is 2.31. The molecule has 19 heavy (non-hydrogen) atoms. The molecule has 3 rings (SSSR count). The third kappa shape index (κ3) is 2.96. The monoisotopic (exact) mass is 274 g/mol. The van der Waals surface area contributed by atoms with Crippen LogP contribution in [0.25, 0.3) is 0 Å². The lowest BCUT2D eigenvalue weighted by Gasteiger charge is -2.23. The number of hydrogen-bond donors (Lipinski definition) is 1. The largest absolute Gasteiger partial charge is 0.392 e. The van der Waals surface area contributed by atoms with E-state index in [4.69, 9.17) is 0 Å². The number of anilines is 1. The van der Waals surface area contributed by atoms with Crippen molar-refractivity contribution in [3.05, 3.63) is 45.8 Å². The lowest BCUT2D eigenvalue weighted by molar-refractivity contribution is 0.281. The summed E-state index contributed by atoms with van der Waals surface area (Å²) in [5.41, 5.74) is 1.91. The van der Waals surface area contributed by atoms with Crippen LogP contribution in [0.1, 0.15) is 29.0 Å². The zero-order valence-corrected chi connectivity index (χ0v) is 11.9. The van der Waals surface area contributed by atoms with Crippen LogP contribution in [-0.4, -0.2) is 16.1 Å². The summed E-state index contributed by atoms with van der Waals surface area (Å²) in [7, 11) is 0. The summed E-state index contributed by atoms with van der Waals surface area (Å²) in [5.74, 6) is 1.000. The minimum Gasteiger partial charge on any atom is -0.392 e. The van der Waals surface area contributed by atoms with Crippen molar-refractivity contribution in [1.82, 2.24) is 4.98 Å². The molecule has 0 unspecified atom stereocenters. The summed E-state index contributed by atoms with van der Waals surface area (Å²) >= 11 is 1.79. The molecule has 0 saturated heterocycles. The highest BCUT2D eigenvalue weighted by molar-refractivity contribution is 7.09. The molecule has 1 N–H and O–H groups in total. The van der Waals surface area contributed by atoms with Gasteiger partial charge in [-0.05, 0) is 48.9 Å². The smallest absolute Gasteiger partial charge is 0.129 e. The van der Waals surface area contributed by atoms with E-state index in [9.17, 15) is 5.11 Å². The summed E-state index contributed by atoms with van der Waals surface area (Å²) < 4.78 is 0. The normalized spacial score (nSPS) is 14.6. The van der Waals surface area contributed by atoms with Crippen LogP contribution >= 0.6 is 11.3 Å². The number of nitrogens with zero attached hydrogens (tertiary/aromatic N) is 2. The van der Waals surface area contributed by atoms with E-state index in [1.807, 2.05) is 19.1 Å². The van der Waals surface area contributed by atoms with Crippen LogP contribution in [-0.2, 0) is 13.2 Å². The van der Waals surface area contributed by atoms with Gasteiger partial charge in [0.25, 0.3) is 0 Å². The first-order chi connectivity index (χ1) is 9.26. The number of hydrogen-bond acceptors (Lipinski definition) is 4. The van der Waals surface area contributed by atoms with Crippen molar-refractivity contribution < 1.29 is 5.11 Å². The molecule has 1 aliphatic rings. The minimum atomic E-state index is 0.0773. The first-order valence-corrected chi connectivity index (χ1v) is 7.51. The zero-order chi connectivity index (χ0) is 13.2. The van der Waals surface area contributed by atoms with Gasteiger partial charge >= 0.3 is 0 Å². The van der Waals surface area contributed by atoms with Gasteiger partial charge in [0.1, 0.15) is 5.82 Å². The van der Waals surface area contributed by atoms with Gasteiger partial charge in [-0.25, -0.2) is 4.98 Å². The third-order valence-electron chi connectivity index (χ3n) is 3.37. The number of aliphatic hydroxyl groups is 1. The first kappa shape index (κ1) is 12.6. The highest BCUT2D eigenvalue weighted by Gasteiger charge is 2.30. The molecule has 100 valence electrons. The van der Waals surface area contributed by atoms with Crippen LogP contribution < -0.4 is 4.90 Å². The number of thiophene rings is 1. The maximum absolute atomic E-state index is 9.33. The average Bonchev–Trinajstić information content (AvgIpc) is 3.12. The van der Waals surface area contributed by atoms with Gasteiger partial charge in [0.15, 0.2) is 0 Å².